The first-order chi connectivity index (χ1) is 10.5. The van der Waals surface area contributed by atoms with Crippen molar-refractivity contribution in [1.29, 1.82) is 0 Å². The summed E-state index contributed by atoms with van der Waals surface area (Å²) in [6, 6.07) is 6.38. The highest BCUT2D eigenvalue weighted by Gasteiger charge is 2.25. The molecule has 3 N–H and O–H groups in total. The van der Waals surface area contributed by atoms with Crippen LogP contribution < -0.4 is 9.47 Å². The lowest BCUT2D eigenvalue weighted by Crippen LogP contribution is -2.10. The van der Waals surface area contributed by atoms with Crippen molar-refractivity contribution in [3.63, 3.8) is 0 Å². The van der Waals surface area contributed by atoms with Gasteiger partial charge in [-0.1, -0.05) is 0 Å². The van der Waals surface area contributed by atoms with Gasteiger partial charge < -0.3 is 24.8 Å². The first kappa shape index (κ1) is 13.7. The van der Waals surface area contributed by atoms with Crippen molar-refractivity contribution >= 4 is 11.8 Å². The second-order valence-electron chi connectivity index (χ2n) is 4.56. The van der Waals surface area contributed by atoms with Gasteiger partial charge in [0.05, 0.1) is 11.1 Å². The minimum absolute atomic E-state index is 0.0325. The van der Waals surface area contributed by atoms with Gasteiger partial charge in [-0.15, -0.1) is 0 Å². The SMILES string of the molecule is O=C(O)c1ccc(O)c(O)c1C(=O)c1ccc2c(c1)OCO2. The summed E-state index contributed by atoms with van der Waals surface area (Å²) >= 11 is 0. The largest absolute Gasteiger partial charge is 0.504 e. The van der Waals surface area contributed by atoms with Crippen LogP contribution in [0.5, 0.6) is 23.0 Å². The summed E-state index contributed by atoms with van der Waals surface area (Å²) in [5, 5.41) is 28.5. The molecule has 0 spiro atoms. The van der Waals surface area contributed by atoms with Gasteiger partial charge in [-0.2, -0.15) is 0 Å². The summed E-state index contributed by atoms with van der Waals surface area (Å²) in [5.41, 5.74) is -0.781. The number of carboxylic acids is 1. The molecule has 0 saturated carbocycles. The van der Waals surface area contributed by atoms with E-state index in [9.17, 15) is 19.8 Å². The van der Waals surface area contributed by atoms with Crippen molar-refractivity contribution in [2.75, 3.05) is 6.79 Å². The number of phenolic OH excluding ortho intramolecular Hbond substituents is 2. The van der Waals surface area contributed by atoms with Crippen LogP contribution in [-0.4, -0.2) is 33.9 Å². The molecule has 0 amide bonds. The fourth-order valence-corrected chi connectivity index (χ4v) is 2.17. The topological polar surface area (TPSA) is 113 Å². The van der Waals surface area contributed by atoms with Crippen LogP contribution >= 0.6 is 0 Å². The van der Waals surface area contributed by atoms with Gasteiger partial charge in [0.2, 0.25) is 6.79 Å². The van der Waals surface area contributed by atoms with E-state index < -0.39 is 34.4 Å². The average molecular weight is 302 g/mol. The standard InChI is InChI=1S/C15H10O7/c16-9-3-2-8(15(19)20)12(14(9)18)13(17)7-1-4-10-11(5-7)22-6-21-10/h1-5,16,18H,6H2,(H,19,20). The summed E-state index contributed by atoms with van der Waals surface area (Å²) in [5.74, 6) is -2.67. The molecule has 1 aliphatic rings. The quantitative estimate of drug-likeness (QED) is 0.584. The third kappa shape index (κ3) is 2.08. The predicted molar refractivity (Wildman–Crippen MR) is 72.7 cm³/mol. The molecule has 0 aromatic heterocycles. The van der Waals surface area contributed by atoms with Gasteiger partial charge in [-0.3, -0.25) is 4.79 Å². The molecular formula is C15H10O7. The summed E-state index contributed by atoms with van der Waals surface area (Å²) in [6.45, 7) is 0.0325. The molecule has 0 bridgehead atoms. The Balaban J connectivity index is 2.13. The van der Waals surface area contributed by atoms with E-state index >= 15 is 0 Å². The van der Waals surface area contributed by atoms with Crippen LogP contribution in [-0.2, 0) is 0 Å². The third-order valence-electron chi connectivity index (χ3n) is 3.25. The molecule has 2 aromatic rings. The molecule has 1 heterocycles. The first-order valence-corrected chi connectivity index (χ1v) is 6.21. The normalized spacial score (nSPS) is 12.2. The Labute approximate surface area is 124 Å². The second kappa shape index (κ2) is 4.96. The fourth-order valence-electron chi connectivity index (χ4n) is 2.17. The average Bonchev–Trinajstić information content (AvgIpc) is 2.96. The van der Waals surface area contributed by atoms with E-state index in [4.69, 9.17) is 14.6 Å². The highest BCUT2D eigenvalue weighted by molar-refractivity contribution is 6.16. The molecule has 7 heteroatoms. The molecule has 0 atom stereocenters. The Morgan fingerprint density at radius 2 is 1.73 bits per heavy atom. The van der Waals surface area contributed by atoms with Gasteiger partial charge in [-0.05, 0) is 30.3 Å². The Hall–Kier alpha value is -3.22. The number of rotatable bonds is 3. The number of carbonyl (C=O) groups excluding carboxylic acids is 1. The van der Waals surface area contributed by atoms with E-state index in [2.05, 4.69) is 0 Å². The number of fused-ring (bicyclic) bond motifs is 1. The van der Waals surface area contributed by atoms with Crippen molar-refractivity contribution in [2.45, 2.75) is 0 Å². The first-order valence-electron chi connectivity index (χ1n) is 6.21. The predicted octanol–water partition coefficient (Wildman–Crippen LogP) is 1.76. The molecule has 3 rings (SSSR count). The summed E-state index contributed by atoms with van der Waals surface area (Å²) in [7, 11) is 0. The van der Waals surface area contributed by atoms with E-state index in [0.29, 0.717) is 11.5 Å². The highest BCUT2D eigenvalue weighted by atomic mass is 16.7. The van der Waals surface area contributed by atoms with Gasteiger partial charge in [0.1, 0.15) is 0 Å². The number of carboxylic acid groups (broad SMARTS) is 1. The molecule has 22 heavy (non-hydrogen) atoms. The monoisotopic (exact) mass is 302 g/mol. The van der Waals surface area contributed by atoms with Crippen molar-refractivity contribution in [2.24, 2.45) is 0 Å². The van der Waals surface area contributed by atoms with Gasteiger partial charge in [0.15, 0.2) is 28.8 Å². The van der Waals surface area contributed by atoms with Crippen molar-refractivity contribution < 1.29 is 34.4 Å². The van der Waals surface area contributed by atoms with E-state index in [0.717, 1.165) is 12.1 Å². The second-order valence-corrected chi connectivity index (χ2v) is 4.56. The number of ether oxygens (including phenoxy) is 2. The van der Waals surface area contributed by atoms with Crippen molar-refractivity contribution in [1.82, 2.24) is 0 Å². The molecule has 0 aliphatic carbocycles. The van der Waals surface area contributed by atoms with Crippen LogP contribution in [0, 0.1) is 0 Å². The highest BCUT2D eigenvalue weighted by Crippen LogP contribution is 2.36. The fraction of sp³-hybridized carbons (Fsp3) is 0.0667. The molecule has 0 unspecified atom stereocenters. The van der Waals surface area contributed by atoms with Crippen molar-refractivity contribution in [3.8, 4) is 23.0 Å². The Morgan fingerprint density at radius 1 is 1.00 bits per heavy atom. The molecule has 0 fully saturated rings. The van der Waals surface area contributed by atoms with Crippen LogP contribution in [0.1, 0.15) is 26.3 Å². The zero-order valence-corrected chi connectivity index (χ0v) is 11.1. The number of benzene rings is 2. The maximum atomic E-state index is 12.5. The molecule has 0 radical (unpaired) electrons. The summed E-state index contributed by atoms with van der Waals surface area (Å²) in [6.07, 6.45) is 0. The Morgan fingerprint density at radius 3 is 2.45 bits per heavy atom. The number of phenols is 2. The van der Waals surface area contributed by atoms with E-state index in [1.165, 1.54) is 18.2 Å². The maximum Gasteiger partial charge on any atom is 0.336 e. The molecule has 1 aliphatic heterocycles. The lowest BCUT2D eigenvalue weighted by atomic mass is 9.96. The summed E-state index contributed by atoms with van der Waals surface area (Å²) < 4.78 is 10.3. The van der Waals surface area contributed by atoms with Crippen LogP contribution in [0.3, 0.4) is 0 Å². The van der Waals surface area contributed by atoms with Gasteiger partial charge in [0.25, 0.3) is 0 Å². The van der Waals surface area contributed by atoms with Gasteiger partial charge >= 0.3 is 5.97 Å². The number of aromatic carboxylic acids is 1. The van der Waals surface area contributed by atoms with E-state index in [-0.39, 0.29) is 12.4 Å². The van der Waals surface area contributed by atoms with Crippen LogP contribution in [0.25, 0.3) is 0 Å². The lowest BCUT2D eigenvalue weighted by Gasteiger charge is -2.09. The van der Waals surface area contributed by atoms with E-state index in [1.807, 2.05) is 0 Å². The van der Waals surface area contributed by atoms with Crippen LogP contribution in [0.4, 0.5) is 0 Å². The zero-order chi connectivity index (χ0) is 15.9. The number of ketones is 1. The number of aromatic hydroxyl groups is 2. The van der Waals surface area contributed by atoms with Crippen LogP contribution in [0.15, 0.2) is 30.3 Å². The molecule has 0 saturated heterocycles. The molecule has 2 aromatic carbocycles. The smallest absolute Gasteiger partial charge is 0.336 e. The van der Waals surface area contributed by atoms with Gasteiger partial charge in [-0.25, -0.2) is 4.79 Å². The van der Waals surface area contributed by atoms with Crippen LogP contribution in [0.2, 0.25) is 0 Å². The van der Waals surface area contributed by atoms with Crippen molar-refractivity contribution in [3.05, 3.63) is 47.0 Å². The number of hydrogen-bond donors (Lipinski definition) is 3. The molecule has 7 nitrogen and oxygen atoms in total. The molecule has 112 valence electrons. The zero-order valence-electron chi connectivity index (χ0n) is 11.1. The Bertz CT molecular complexity index is 795. The number of hydrogen-bond acceptors (Lipinski definition) is 6. The lowest BCUT2D eigenvalue weighted by molar-refractivity contribution is 0.0692. The Kier molecular flexibility index (Phi) is 3.10. The third-order valence-corrected chi connectivity index (χ3v) is 3.25. The minimum atomic E-state index is -1.39. The minimum Gasteiger partial charge on any atom is -0.504 e. The molecular weight excluding hydrogens is 292 g/mol. The maximum absolute atomic E-state index is 12.5. The van der Waals surface area contributed by atoms with E-state index in [1.54, 1.807) is 0 Å². The summed E-state index contributed by atoms with van der Waals surface area (Å²) in [4.78, 5) is 23.7. The van der Waals surface area contributed by atoms with Gasteiger partial charge in [0, 0.05) is 5.56 Å². The number of carbonyl (C=O) groups is 2.